The maximum Gasteiger partial charge on any atom is 0.264 e. The summed E-state index contributed by atoms with van der Waals surface area (Å²) in [6.45, 7) is 1.52. The molecule has 0 saturated carbocycles. The summed E-state index contributed by atoms with van der Waals surface area (Å²) < 4.78 is 33.4. The highest BCUT2D eigenvalue weighted by Crippen LogP contribution is 2.28. The first-order chi connectivity index (χ1) is 14.3. The molecule has 30 heavy (non-hydrogen) atoms. The Balaban J connectivity index is 1.98. The average Bonchev–Trinajstić information content (AvgIpc) is 2.73. The molecular weight excluding hydrogens is 424 g/mol. The predicted octanol–water partition coefficient (Wildman–Crippen LogP) is 4.70. The molecule has 8 heteroatoms. The molecule has 1 amide bonds. The van der Waals surface area contributed by atoms with E-state index in [1.54, 1.807) is 55.6 Å². The number of sulfonamides is 1. The van der Waals surface area contributed by atoms with Gasteiger partial charge in [0.2, 0.25) is 5.91 Å². The second-order valence-corrected chi connectivity index (χ2v) is 8.84. The zero-order valence-corrected chi connectivity index (χ0v) is 18.1. The lowest BCUT2D eigenvalue weighted by molar-refractivity contribution is -0.114. The molecule has 3 aromatic carbocycles. The number of anilines is 2. The van der Waals surface area contributed by atoms with E-state index in [0.717, 1.165) is 5.56 Å². The number of hydrogen-bond donors (Lipinski definition) is 1. The van der Waals surface area contributed by atoms with Gasteiger partial charge in [-0.2, -0.15) is 0 Å². The van der Waals surface area contributed by atoms with Crippen molar-refractivity contribution in [2.45, 2.75) is 18.4 Å². The fraction of sp³-hybridized carbons (Fsp3) is 0.136. The fourth-order valence-electron chi connectivity index (χ4n) is 2.86. The molecule has 0 aliphatic rings. The van der Waals surface area contributed by atoms with E-state index >= 15 is 0 Å². The van der Waals surface area contributed by atoms with Gasteiger partial charge in [-0.1, -0.05) is 23.7 Å². The largest absolute Gasteiger partial charge is 0.497 e. The Hall–Kier alpha value is -3.03. The third-order valence-corrected chi connectivity index (χ3v) is 6.40. The van der Waals surface area contributed by atoms with Gasteiger partial charge in [0.05, 0.1) is 24.2 Å². The Labute approximate surface area is 181 Å². The van der Waals surface area contributed by atoms with E-state index in [1.165, 1.54) is 23.4 Å². The van der Waals surface area contributed by atoms with E-state index in [0.29, 0.717) is 22.1 Å². The molecule has 0 heterocycles. The van der Waals surface area contributed by atoms with Crippen molar-refractivity contribution in [1.29, 1.82) is 0 Å². The van der Waals surface area contributed by atoms with E-state index in [4.69, 9.17) is 16.3 Å². The highest BCUT2D eigenvalue weighted by Gasteiger charge is 2.25. The Bertz CT molecular complexity index is 1110. The van der Waals surface area contributed by atoms with Crippen LogP contribution in [0.5, 0.6) is 5.75 Å². The molecule has 0 atom stereocenters. The molecule has 0 aliphatic carbocycles. The first kappa shape index (κ1) is 21.7. The van der Waals surface area contributed by atoms with Gasteiger partial charge in [-0.05, 0) is 66.2 Å². The minimum atomic E-state index is -3.88. The number of hydrogen-bond acceptors (Lipinski definition) is 4. The van der Waals surface area contributed by atoms with Gasteiger partial charge < -0.3 is 10.1 Å². The molecule has 0 saturated heterocycles. The van der Waals surface area contributed by atoms with Crippen LogP contribution in [0.15, 0.2) is 77.7 Å². The molecule has 3 aromatic rings. The number of methoxy groups -OCH3 is 1. The number of ether oxygens (including phenoxy) is 1. The van der Waals surface area contributed by atoms with Crippen LogP contribution in [0.4, 0.5) is 11.4 Å². The number of amides is 1. The maximum absolute atomic E-state index is 13.5. The predicted molar refractivity (Wildman–Crippen MR) is 119 cm³/mol. The molecule has 0 bridgehead atoms. The Morgan fingerprint density at radius 3 is 2.10 bits per heavy atom. The second kappa shape index (κ2) is 9.19. The van der Waals surface area contributed by atoms with Crippen molar-refractivity contribution in [3.8, 4) is 5.75 Å². The molecule has 0 spiro atoms. The van der Waals surface area contributed by atoms with Crippen molar-refractivity contribution >= 4 is 38.9 Å². The van der Waals surface area contributed by atoms with Crippen LogP contribution in [-0.2, 0) is 21.4 Å². The Morgan fingerprint density at radius 2 is 1.57 bits per heavy atom. The third kappa shape index (κ3) is 5.11. The summed E-state index contributed by atoms with van der Waals surface area (Å²) in [4.78, 5) is 11.3. The monoisotopic (exact) mass is 444 g/mol. The molecule has 6 nitrogen and oxygen atoms in total. The summed E-state index contributed by atoms with van der Waals surface area (Å²) in [6, 6.07) is 19.9. The van der Waals surface area contributed by atoms with Crippen molar-refractivity contribution in [2.24, 2.45) is 0 Å². The van der Waals surface area contributed by atoms with Gasteiger partial charge in [0.25, 0.3) is 10.0 Å². The quantitative estimate of drug-likeness (QED) is 0.573. The Kier molecular flexibility index (Phi) is 6.64. The maximum atomic E-state index is 13.5. The minimum Gasteiger partial charge on any atom is -0.497 e. The van der Waals surface area contributed by atoms with E-state index in [-0.39, 0.29) is 17.3 Å². The van der Waals surface area contributed by atoms with Crippen LogP contribution in [0.25, 0.3) is 0 Å². The SMILES string of the molecule is COc1ccc(CN(c2ccc(Cl)cc2)S(=O)(=O)c2ccc(NC(C)=O)cc2)cc1. The van der Waals surface area contributed by atoms with Crippen molar-refractivity contribution in [3.05, 3.63) is 83.4 Å². The summed E-state index contributed by atoms with van der Waals surface area (Å²) in [7, 11) is -2.31. The number of carbonyl (C=O) groups excluding carboxylic acids is 1. The van der Waals surface area contributed by atoms with Crippen molar-refractivity contribution in [1.82, 2.24) is 0 Å². The van der Waals surface area contributed by atoms with Gasteiger partial charge in [0, 0.05) is 17.6 Å². The van der Waals surface area contributed by atoms with Crippen LogP contribution in [0.1, 0.15) is 12.5 Å². The normalized spacial score (nSPS) is 11.0. The highest BCUT2D eigenvalue weighted by atomic mass is 35.5. The molecule has 156 valence electrons. The molecule has 0 radical (unpaired) electrons. The molecule has 1 N–H and O–H groups in total. The van der Waals surface area contributed by atoms with Crippen LogP contribution >= 0.6 is 11.6 Å². The van der Waals surface area contributed by atoms with Gasteiger partial charge >= 0.3 is 0 Å². The van der Waals surface area contributed by atoms with Gasteiger partial charge in [-0.25, -0.2) is 8.42 Å². The first-order valence-electron chi connectivity index (χ1n) is 9.08. The average molecular weight is 445 g/mol. The molecule has 0 unspecified atom stereocenters. The number of carbonyl (C=O) groups is 1. The van der Waals surface area contributed by atoms with Crippen LogP contribution in [0.3, 0.4) is 0 Å². The van der Waals surface area contributed by atoms with Gasteiger partial charge in [0.1, 0.15) is 5.75 Å². The van der Waals surface area contributed by atoms with Crippen LogP contribution in [0, 0.1) is 0 Å². The van der Waals surface area contributed by atoms with Crippen LogP contribution < -0.4 is 14.4 Å². The van der Waals surface area contributed by atoms with Gasteiger partial charge in [0.15, 0.2) is 0 Å². The number of benzene rings is 3. The summed E-state index contributed by atoms with van der Waals surface area (Å²) in [5.41, 5.74) is 1.81. The lowest BCUT2D eigenvalue weighted by Gasteiger charge is -2.25. The topological polar surface area (TPSA) is 75.7 Å². The number of nitrogens with zero attached hydrogens (tertiary/aromatic N) is 1. The lowest BCUT2D eigenvalue weighted by Crippen LogP contribution is -2.30. The van der Waals surface area contributed by atoms with E-state index in [2.05, 4.69) is 5.32 Å². The molecule has 0 fully saturated rings. The van der Waals surface area contributed by atoms with Crippen LogP contribution in [0.2, 0.25) is 5.02 Å². The zero-order chi connectivity index (χ0) is 21.7. The molecule has 3 rings (SSSR count). The van der Waals surface area contributed by atoms with E-state index < -0.39 is 10.0 Å². The Morgan fingerprint density at radius 1 is 0.967 bits per heavy atom. The summed E-state index contributed by atoms with van der Waals surface area (Å²) >= 11 is 5.98. The number of halogens is 1. The van der Waals surface area contributed by atoms with Crippen molar-refractivity contribution < 1.29 is 17.9 Å². The molecule has 0 aliphatic heterocycles. The zero-order valence-electron chi connectivity index (χ0n) is 16.5. The van der Waals surface area contributed by atoms with Gasteiger partial charge in [-0.3, -0.25) is 9.10 Å². The van der Waals surface area contributed by atoms with E-state index in [1.807, 2.05) is 12.1 Å². The van der Waals surface area contributed by atoms with Crippen molar-refractivity contribution in [2.75, 3.05) is 16.7 Å². The van der Waals surface area contributed by atoms with Gasteiger partial charge in [-0.15, -0.1) is 0 Å². The fourth-order valence-corrected chi connectivity index (χ4v) is 4.44. The summed E-state index contributed by atoms with van der Waals surface area (Å²) in [6.07, 6.45) is 0. The van der Waals surface area contributed by atoms with E-state index in [9.17, 15) is 13.2 Å². The summed E-state index contributed by atoms with van der Waals surface area (Å²) in [5, 5.41) is 3.14. The third-order valence-electron chi connectivity index (χ3n) is 4.36. The van der Waals surface area contributed by atoms with Crippen molar-refractivity contribution in [3.63, 3.8) is 0 Å². The number of rotatable bonds is 7. The lowest BCUT2D eigenvalue weighted by atomic mass is 10.2. The first-order valence-corrected chi connectivity index (χ1v) is 10.9. The number of nitrogens with one attached hydrogen (secondary N) is 1. The smallest absolute Gasteiger partial charge is 0.264 e. The highest BCUT2D eigenvalue weighted by molar-refractivity contribution is 7.92. The molecular formula is C22H21ClN2O4S. The summed E-state index contributed by atoms with van der Waals surface area (Å²) in [5.74, 6) is 0.459. The molecule has 0 aromatic heterocycles. The van der Waals surface area contributed by atoms with Crippen LogP contribution in [-0.4, -0.2) is 21.4 Å². The minimum absolute atomic E-state index is 0.111. The second-order valence-electron chi connectivity index (χ2n) is 6.54. The standard InChI is InChI=1S/C22H21ClN2O4S/c1-16(26)24-19-7-13-22(14-8-19)30(27,28)25(20-9-5-18(23)6-10-20)15-17-3-11-21(29-2)12-4-17/h3-14H,15H2,1-2H3,(H,24,26).